The molecule has 1 unspecified atom stereocenters. The number of hydrogen-bond acceptors (Lipinski definition) is 4. The number of carbonyl (C=O) groups excluding carboxylic acids is 2. The fourth-order valence-electron chi connectivity index (χ4n) is 3.75. The lowest BCUT2D eigenvalue weighted by molar-refractivity contribution is -0.127. The molecular weight excluding hydrogens is 354 g/mol. The second kappa shape index (κ2) is 7.07. The quantitative estimate of drug-likeness (QED) is 0.761. The Balaban J connectivity index is 1.52. The van der Waals surface area contributed by atoms with Crippen LogP contribution in [0, 0.1) is 5.41 Å². The van der Waals surface area contributed by atoms with Gasteiger partial charge in [0.15, 0.2) is 5.65 Å². The van der Waals surface area contributed by atoms with Gasteiger partial charge in [-0.25, -0.2) is 9.97 Å². The van der Waals surface area contributed by atoms with Crippen molar-refractivity contribution >= 4 is 28.9 Å². The minimum absolute atomic E-state index is 0.0359. The lowest BCUT2D eigenvalue weighted by atomic mass is 9.80. The van der Waals surface area contributed by atoms with Crippen molar-refractivity contribution in [1.82, 2.24) is 19.4 Å². The van der Waals surface area contributed by atoms with Crippen molar-refractivity contribution in [2.24, 2.45) is 12.5 Å². The van der Waals surface area contributed by atoms with Crippen LogP contribution >= 0.6 is 0 Å². The van der Waals surface area contributed by atoms with E-state index < -0.39 is 5.41 Å². The van der Waals surface area contributed by atoms with Crippen LogP contribution in [-0.2, 0) is 11.8 Å². The van der Waals surface area contributed by atoms with E-state index in [1.807, 2.05) is 44.3 Å². The number of carbonyl (C=O) groups is 2. The summed E-state index contributed by atoms with van der Waals surface area (Å²) in [6.07, 6.45) is 3.21. The zero-order chi connectivity index (χ0) is 19.7. The van der Waals surface area contributed by atoms with E-state index in [0.29, 0.717) is 30.2 Å². The maximum atomic E-state index is 13.1. The Bertz CT molecular complexity index is 1030. The van der Waals surface area contributed by atoms with Crippen molar-refractivity contribution in [3.63, 3.8) is 0 Å². The Morgan fingerprint density at radius 1 is 1.14 bits per heavy atom. The Morgan fingerprint density at radius 3 is 2.68 bits per heavy atom. The molecule has 0 saturated carbocycles. The summed E-state index contributed by atoms with van der Waals surface area (Å²) in [6.45, 7) is 2.95. The van der Waals surface area contributed by atoms with Gasteiger partial charge in [-0.3, -0.25) is 19.5 Å². The summed E-state index contributed by atoms with van der Waals surface area (Å²) < 4.78 is 1.77. The largest absolute Gasteiger partial charge is 0.338 e. The highest BCUT2D eigenvalue weighted by Gasteiger charge is 2.40. The van der Waals surface area contributed by atoms with Gasteiger partial charge in [-0.05, 0) is 44.0 Å². The molecule has 1 aliphatic heterocycles. The predicted octanol–water partition coefficient (Wildman–Crippen LogP) is 2.85. The number of likely N-dealkylation sites (tertiary alicyclic amines) is 1. The molecule has 4 rings (SSSR count). The molecule has 3 aromatic rings. The van der Waals surface area contributed by atoms with Crippen LogP contribution in [0.4, 0.5) is 5.95 Å². The van der Waals surface area contributed by atoms with Crippen molar-refractivity contribution in [3.8, 4) is 0 Å². The van der Waals surface area contributed by atoms with Gasteiger partial charge in [0.05, 0.1) is 5.41 Å². The van der Waals surface area contributed by atoms with Crippen LogP contribution in [0.2, 0.25) is 0 Å². The average Bonchev–Trinajstić information content (AvgIpc) is 3.04. The molecule has 1 fully saturated rings. The van der Waals surface area contributed by atoms with Gasteiger partial charge in [-0.1, -0.05) is 18.2 Å². The molecule has 28 heavy (non-hydrogen) atoms. The summed E-state index contributed by atoms with van der Waals surface area (Å²) in [6, 6.07) is 12.9. The van der Waals surface area contributed by atoms with E-state index in [0.717, 1.165) is 18.4 Å². The number of piperidine rings is 1. The van der Waals surface area contributed by atoms with E-state index in [1.54, 1.807) is 27.8 Å². The van der Waals surface area contributed by atoms with E-state index in [-0.39, 0.29) is 11.8 Å². The summed E-state index contributed by atoms with van der Waals surface area (Å²) in [4.78, 5) is 36.5. The second-order valence-electron chi connectivity index (χ2n) is 7.55. The summed E-state index contributed by atoms with van der Waals surface area (Å²) in [7, 11) is 1.83. The molecule has 144 valence electrons. The SMILES string of the molecule is Cn1c(NC(=O)C2(C)CCCN(C(=O)c3ccccc3)C2)nc2cccnc21. The molecule has 7 heteroatoms. The molecular formula is C21H23N5O2. The van der Waals surface area contributed by atoms with Crippen molar-refractivity contribution < 1.29 is 9.59 Å². The summed E-state index contributed by atoms with van der Waals surface area (Å²) >= 11 is 0. The second-order valence-corrected chi connectivity index (χ2v) is 7.55. The van der Waals surface area contributed by atoms with Crippen LogP contribution in [0.1, 0.15) is 30.1 Å². The maximum absolute atomic E-state index is 13.1. The molecule has 7 nitrogen and oxygen atoms in total. The third-order valence-electron chi connectivity index (χ3n) is 5.41. The third-order valence-corrected chi connectivity index (χ3v) is 5.41. The molecule has 1 atom stereocenters. The minimum atomic E-state index is -0.672. The van der Waals surface area contributed by atoms with Crippen LogP contribution in [0.15, 0.2) is 48.7 Å². The molecule has 0 aliphatic carbocycles. The lowest BCUT2D eigenvalue weighted by Gasteiger charge is -2.39. The number of amides is 2. The first-order chi connectivity index (χ1) is 13.5. The number of pyridine rings is 1. The zero-order valence-electron chi connectivity index (χ0n) is 16.1. The summed E-state index contributed by atoms with van der Waals surface area (Å²) in [5, 5.41) is 2.94. The van der Waals surface area contributed by atoms with Crippen molar-refractivity contribution in [3.05, 3.63) is 54.2 Å². The third kappa shape index (κ3) is 3.24. The smallest absolute Gasteiger partial charge is 0.253 e. The van der Waals surface area contributed by atoms with Crippen LogP contribution in [0.5, 0.6) is 0 Å². The number of imidazole rings is 1. The zero-order valence-corrected chi connectivity index (χ0v) is 16.1. The predicted molar refractivity (Wildman–Crippen MR) is 107 cm³/mol. The van der Waals surface area contributed by atoms with Crippen LogP contribution < -0.4 is 5.32 Å². The molecule has 1 N–H and O–H groups in total. The Kier molecular flexibility index (Phi) is 4.58. The highest BCUT2D eigenvalue weighted by atomic mass is 16.2. The van der Waals surface area contributed by atoms with Crippen molar-refractivity contribution in [2.45, 2.75) is 19.8 Å². The number of hydrogen-bond donors (Lipinski definition) is 1. The summed E-state index contributed by atoms with van der Waals surface area (Å²) in [5.41, 5.74) is 1.42. The van der Waals surface area contributed by atoms with Crippen LogP contribution in [-0.4, -0.2) is 44.3 Å². The molecule has 0 radical (unpaired) electrons. The van der Waals surface area contributed by atoms with E-state index in [4.69, 9.17) is 0 Å². The van der Waals surface area contributed by atoms with Gasteiger partial charge in [0.2, 0.25) is 11.9 Å². The average molecular weight is 377 g/mol. The number of nitrogens with zero attached hydrogens (tertiary/aromatic N) is 4. The monoisotopic (exact) mass is 377 g/mol. The van der Waals surface area contributed by atoms with Gasteiger partial charge >= 0.3 is 0 Å². The van der Waals surface area contributed by atoms with Crippen molar-refractivity contribution in [2.75, 3.05) is 18.4 Å². The number of benzene rings is 1. The highest BCUT2D eigenvalue weighted by molar-refractivity contribution is 5.97. The van der Waals surface area contributed by atoms with E-state index >= 15 is 0 Å². The van der Waals surface area contributed by atoms with E-state index in [1.165, 1.54) is 0 Å². The van der Waals surface area contributed by atoms with Gasteiger partial charge in [0.1, 0.15) is 5.52 Å². The van der Waals surface area contributed by atoms with Gasteiger partial charge in [-0.15, -0.1) is 0 Å². The molecule has 2 aromatic heterocycles. The standard InChI is InChI=1S/C21H23N5O2/c1-21(11-7-13-26(14-21)18(27)15-8-4-3-5-9-15)19(28)24-20-23-16-10-6-12-22-17(16)25(20)2/h3-6,8-10,12H,7,11,13-14H2,1-2H3,(H,23,24,28). The molecule has 0 bridgehead atoms. The number of aryl methyl sites for hydroxylation is 1. The van der Waals surface area contributed by atoms with Crippen LogP contribution in [0.25, 0.3) is 11.2 Å². The maximum Gasteiger partial charge on any atom is 0.253 e. The number of anilines is 1. The fourth-order valence-corrected chi connectivity index (χ4v) is 3.75. The summed E-state index contributed by atoms with van der Waals surface area (Å²) in [5.74, 6) is 0.300. The normalized spacial score (nSPS) is 19.6. The molecule has 1 saturated heterocycles. The highest BCUT2D eigenvalue weighted by Crippen LogP contribution is 2.32. The fraction of sp³-hybridized carbons (Fsp3) is 0.333. The Labute approximate surface area is 163 Å². The van der Waals surface area contributed by atoms with Crippen LogP contribution in [0.3, 0.4) is 0 Å². The van der Waals surface area contributed by atoms with Gasteiger partial charge in [0, 0.05) is 31.9 Å². The molecule has 1 aliphatic rings. The van der Waals surface area contributed by atoms with Gasteiger partial charge in [0.25, 0.3) is 5.91 Å². The Morgan fingerprint density at radius 2 is 1.93 bits per heavy atom. The number of aromatic nitrogens is 3. The van der Waals surface area contributed by atoms with E-state index in [2.05, 4.69) is 15.3 Å². The Hall–Kier alpha value is -3.22. The van der Waals surface area contributed by atoms with Gasteiger partial charge < -0.3 is 4.90 Å². The first kappa shape index (κ1) is 18.2. The first-order valence-electron chi connectivity index (χ1n) is 9.41. The number of rotatable bonds is 3. The molecule has 0 spiro atoms. The molecule has 3 heterocycles. The topological polar surface area (TPSA) is 80.1 Å². The molecule has 1 aromatic carbocycles. The lowest BCUT2D eigenvalue weighted by Crippen LogP contribution is -2.50. The minimum Gasteiger partial charge on any atom is -0.338 e. The first-order valence-corrected chi connectivity index (χ1v) is 9.41. The van der Waals surface area contributed by atoms with Gasteiger partial charge in [-0.2, -0.15) is 0 Å². The van der Waals surface area contributed by atoms with E-state index in [9.17, 15) is 9.59 Å². The molecule has 2 amide bonds. The number of nitrogens with one attached hydrogen (secondary N) is 1. The van der Waals surface area contributed by atoms with Crippen molar-refractivity contribution in [1.29, 1.82) is 0 Å². The number of fused-ring (bicyclic) bond motifs is 1.